The van der Waals surface area contributed by atoms with Crippen molar-refractivity contribution < 1.29 is 4.79 Å². The Morgan fingerprint density at radius 1 is 1.48 bits per heavy atom. The maximum absolute atomic E-state index is 12.0. The van der Waals surface area contributed by atoms with E-state index in [1.165, 1.54) is 16.0 Å². The smallest absolute Gasteiger partial charge is 0.247 e. The number of anilines is 1. The van der Waals surface area contributed by atoms with Crippen molar-refractivity contribution >= 4 is 32.6 Å². The van der Waals surface area contributed by atoms with Crippen LogP contribution in [-0.2, 0) is 11.3 Å². The Balaban J connectivity index is 1.68. The summed E-state index contributed by atoms with van der Waals surface area (Å²) >= 11 is 1.44. The molecule has 0 aliphatic heterocycles. The fraction of sp³-hybridized carbons (Fsp3) is 0.231. The normalized spacial score (nSPS) is 12.5. The van der Waals surface area contributed by atoms with Crippen molar-refractivity contribution in [1.82, 2.24) is 20.0 Å². The monoisotopic (exact) mass is 302 g/mol. The highest BCUT2D eigenvalue weighted by molar-refractivity contribution is 7.22. The average molecular weight is 302 g/mol. The third-order valence-corrected chi connectivity index (χ3v) is 3.82. The highest BCUT2D eigenvalue weighted by Gasteiger charge is 2.10. The Morgan fingerprint density at radius 2 is 2.29 bits per heavy atom. The molecule has 1 aromatic carbocycles. The molecule has 0 saturated heterocycles. The Kier molecular flexibility index (Phi) is 3.63. The molecule has 0 aliphatic rings. The zero-order valence-electron chi connectivity index (χ0n) is 11.4. The maximum atomic E-state index is 12.0. The number of hydrogen-bond acceptors (Lipinski definition) is 6. The molecule has 0 aliphatic carbocycles. The molecule has 108 valence electrons. The standard InChI is InChI=1S/C13H14N6OS/c1-8(14)10-6-19(18-17-10)7-12(20)16-13-15-9-4-2-3-5-11(9)21-13/h2-6,8H,7,14H2,1H3,(H,15,16,20). The van der Waals surface area contributed by atoms with Gasteiger partial charge in [-0.2, -0.15) is 0 Å². The number of nitrogens with two attached hydrogens (primary N) is 1. The number of nitrogens with zero attached hydrogens (tertiary/aromatic N) is 4. The molecular weight excluding hydrogens is 288 g/mol. The SMILES string of the molecule is CC(N)c1cn(CC(=O)Nc2nc3ccccc3s2)nn1. The van der Waals surface area contributed by atoms with Gasteiger partial charge in [0.1, 0.15) is 6.54 Å². The van der Waals surface area contributed by atoms with Gasteiger partial charge < -0.3 is 11.1 Å². The summed E-state index contributed by atoms with van der Waals surface area (Å²) in [6.07, 6.45) is 1.67. The summed E-state index contributed by atoms with van der Waals surface area (Å²) in [4.78, 5) is 16.3. The highest BCUT2D eigenvalue weighted by atomic mass is 32.1. The molecule has 3 N–H and O–H groups in total. The fourth-order valence-corrected chi connectivity index (χ4v) is 2.71. The van der Waals surface area contributed by atoms with Gasteiger partial charge in [-0.05, 0) is 19.1 Å². The van der Waals surface area contributed by atoms with Gasteiger partial charge in [0.05, 0.1) is 22.1 Å². The third-order valence-electron chi connectivity index (χ3n) is 2.87. The first-order valence-electron chi connectivity index (χ1n) is 6.43. The lowest BCUT2D eigenvalue weighted by molar-refractivity contribution is -0.116. The number of para-hydroxylation sites is 1. The topological polar surface area (TPSA) is 98.7 Å². The largest absolute Gasteiger partial charge is 0.323 e. The second kappa shape index (κ2) is 5.58. The second-order valence-corrected chi connectivity index (χ2v) is 5.70. The highest BCUT2D eigenvalue weighted by Crippen LogP contribution is 2.25. The Hall–Kier alpha value is -2.32. The van der Waals surface area contributed by atoms with E-state index in [1.807, 2.05) is 31.2 Å². The van der Waals surface area contributed by atoms with Crippen molar-refractivity contribution in [2.75, 3.05) is 5.32 Å². The number of carbonyl (C=O) groups is 1. The van der Waals surface area contributed by atoms with Crippen LogP contribution in [0.2, 0.25) is 0 Å². The molecule has 7 nitrogen and oxygen atoms in total. The van der Waals surface area contributed by atoms with E-state index in [1.54, 1.807) is 6.20 Å². The van der Waals surface area contributed by atoms with Crippen LogP contribution in [0.1, 0.15) is 18.7 Å². The Bertz CT molecular complexity index is 745. The molecule has 1 atom stereocenters. The number of thiazole rings is 1. The van der Waals surface area contributed by atoms with E-state index >= 15 is 0 Å². The number of nitrogens with one attached hydrogen (secondary N) is 1. The molecule has 3 rings (SSSR count). The van der Waals surface area contributed by atoms with Crippen LogP contribution in [-0.4, -0.2) is 25.9 Å². The van der Waals surface area contributed by atoms with Gasteiger partial charge in [-0.1, -0.05) is 28.7 Å². The van der Waals surface area contributed by atoms with Gasteiger partial charge in [0, 0.05) is 6.04 Å². The van der Waals surface area contributed by atoms with Gasteiger partial charge in [-0.25, -0.2) is 9.67 Å². The lowest BCUT2D eigenvalue weighted by atomic mass is 10.3. The molecule has 3 aromatic rings. The van der Waals surface area contributed by atoms with Crippen LogP contribution in [0, 0.1) is 0 Å². The van der Waals surface area contributed by atoms with Crippen LogP contribution < -0.4 is 11.1 Å². The minimum Gasteiger partial charge on any atom is -0.323 e. The van der Waals surface area contributed by atoms with Gasteiger partial charge in [-0.15, -0.1) is 5.10 Å². The van der Waals surface area contributed by atoms with Crippen LogP contribution in [0.15, 0.2) is 30.5 Å². The molecule has 2 aromatic heterocycles. The minimum absolute atomic E-state index is 0.0790. The molecule has 1 amide bonds. The minimum atomic E-state index is -0.203. The number of rotatable bonds is 4. The van der Waals surface area contributed by atoms with Crippen LogP contribution in [0.25, 0.3) is 10.2 Å². The molecule has 8 heteroatoms. The summed E-state index contributed by atoms with van der Waals surface area (Å²) < 4.78 is 2.49. The summed E-state index contributed by atoms with van der Waals surface area (Å²) in [5.41, 5.74) is 7.23. The summed E-state index contributed by atoms with van der Waals surface area (Å²) in [6, 6.07) is 7.53. The van der Waals surface area contributed by atoms with Gasteiger partial charge >= 0.3 is 0 Å². The second-order valence-electron chi connectivity index (χ2n) is 4.66. The van der Waals surface area contributed by atoms with E-state index in [0.717, 1.165) is 10.2 Å². The van der Waals surface area contributed by atoms with E-state index in [9.17, 15) is 4.79 Å². The number of carbonyl (C=O) groups excluding carboxylic acids is 1. The predicted octanol–water partition coefficient (Wildman–Crippen LogP) is 1.55. The number of fused-ring (bicyclic) bond motifs is 1. The Labute approximate surface area is 124 Å². The quantitative estimate of drug-likeness (QED) is 0.761. The zero-order valence-corrected chi connectivity index (χ0v) is 12.2. The molecule has 21 heavy (non-hydrogen) atoms. The number of hydrogen-bond donors (Lipinski definition) is 2. The first kappa shape index (κ1) is 13.7. The van der Waals surface area contributed by atoms with E-state index in [4.69, 9.17) is 5.73 Å². The van der Waals surface area contributed by atoms with Crippen LogP contribution >= 0.6 is 11.3 Å². The van der Waals surface area contributed by atoms with Crippen molar-refractivity contribution in [2.45, 2.75) is 19.5 Å². The van der Waals surface area contributed by atoms with Crippen LogP contribution in [0.5, 0.6) is 0 Å². The summed E-state index contributed by atoms with van der Waals surface area (Å²) in [7, 11) is 0. The van der Waals surface area contributed by atoms with E-state index in [0.29, 0.717) is 10.8 Å². The summed E-state index contributed by atoms with van der Waals surface area (Å²) in [5.74, 6) is -0.199. The van der Waals surface area contributed by atoms with Crippen molar-refractivity contribution in [3.8, 4) is 0 Å². The van der Waals surface area contributed by atoms with Gasteiger partial charge in [-0.3, -0.25) is 4.79 Å². The predicted molar refractivity (Wildman–Crippen MR) is 80.9 cm³/mol. The van der Waals surface area contributed by atoms with E-state index < -0.39 is 0 Å². The van der Waals surface area contributed by atoms with Crippen LogP contribution in [0.4, 0.5) is 5.13 Å². The van der Waals surface area contributed by atoms with E-state index in [2.05, 4.69) is 20.6 Å². The molecule has 0 radical (unpaired) electrons. The maximum Gasteiger partial charge on any atom is 0.247 e. The molecular formula is C13H14N6OS. The number of benzene rings is 1. The molecule has 0 bridgehead atoms. The molecule has 0 saturated carbocycles. The van der Waals surface area contributed by atoms with Crippen LogP contribution in [0.3, 0.4) is 0 Å². The number of aromatic nitrogens is 4. The average Bonchev–Trinajstić information content (AvgIpc) is 3.04. The zero-order chi connectivity index (χ0) is 14.8. The van der Waals surface area contributed by atoms with E-state index in [-0.39, 0.29) is 18.5 Å². The lowest BCUT2D eigenvalue weighted by Gasteiger charge is -2.00. The first-order valence-corrected chi connectivity index (χ1v) is 7.24. The fourth-order valence-electron chi connectivity index (χ4n) is 1.83. The Morgan fingerprint density at radius 3 is 3.00 bits per heavy atom. The number of amides is 1. The summed E-state index contributed by atoms with van der Waals surface area (Å²) in [5, 5.41) is 11.1. The summed E-state index contributed by atoms with van der Waals surface area (Å²) in [6.45, 7) is 1.89. The van der Waals surface area contributed by atoms with Gasteiger partial charge in [0.2, 0.25) is 5.91 Å². The van der Waals surface area contributed by atoms with Crippen molar-refractivity contribution in [2.24, 2.45) is 5.73 Å². The molecule has 2 heterocycles. The van der Waals surface area contributed by atoms with Crippen molar-refractivity contribution in [1.29, 1.82) is 0 Å². The van der Waals surface area contributed by atoms with Crippen molar-refractivity contribution in [3.63, 3.8) is 0 Å². The lowest BCUT2D eigenvalue weighted by Crippen LogP contribution is -2.19. The molecule has 0 fully saturated rings. The van der Waals surface area contributed by atoms with Crippen molar-refractivity contribution in [3.05, 3.63) is 36.2 Å². The van der Waals surface area contributed by atoms with Gasteiger partial charge in [0.25, 0.3) is 0 Å². The molecule has 0 spiro atoms. The molecule has 1 unspecified atom stereocenters. The first-order chi connectivity index (χ1) is 10.1. The van der Waals surface area contributed by atoms with Gasteiger partial charge in [0.15, 0.2) is 5.13 Å². The third kappa shape index (κ3) is 3.06.